The second-order valence-corrected chi connectivity index (χ2v) is 5.13. The Kier molecular flexibility index (Phi) is 2.47. The van der Waals surface area contributed by atoms with Crippen molar-refractivity contribution in [3.8, 4) is 5.75 Å². The van der Waals surface area contributed by atoms with Gasteiger partial charge >= 0.3 is 0 Å². The zero-order chi connectivity index (χ0) is 11.1. The summed E-state index contributed by atoms with van der Waals surface area (Å²) in [6, 6.07) is 5.18. The van der Waals surface area contributed by atoms with Gasteiger partial charge in [0, 0.05) is 16.9 Å². The topological polar surface area (TPSA) is 26.3 Å². The fourth-order valence-corrected chi connectivity index (χ4v) is 1.87. The first kappa shape index (κ1) is 10.5. The van der Waals surface area contributed by atoms with Crippen molar-refractivity contribution in [2.24, 2.45) is 5.41 Å². The summed E-state index contributed by atoms with van der Waals surface area (Å²) in [7, 11) is 0. The smallest absolute Gasteiger partial charge is 0.167 e. The summed E-state index contributed by atoms with van der Waals surface area (Å²) in [5.74, 6) is 0.755. The van der Waals surface area contributed by atoms with E-state index in [-0.39, 0.29) is 11.2 Å². The molecule has 0 aromatic heterocycles. The summed E-state index contributed by atoms with van der Waals surface area (Å²) < 4.78 is 5.61. The number of fused-ring (bicyclic) bond motifs is 1. The molecule has 1 aliphatic rings. The maximum atomic E-state index is 11.9. The lowest BCUT2D eigenvalue weighted by Gasteiger charge is -2.19. The van der Waals surface area contributed by atoms with Crippen molar-refractivity contribution in [2.75, 3.05) is 6.61 Å². The van der Waals surface area contributed by atoms with Crippen molar-refractivity contribution in [1.29, 1.82) is 0 Å². The highest BCUT2D eigenvalue weighted by molar-refractivity contribution is 6.31. The third kappa shape index (κ3) is 2.15. The van der Waals surface area contributed by atoms with Gasteiger partial charge in [0.1, 0.15) is 5.75 Å². The number of Topliss-reactive ketones (excluding diaryl/α,β-unsaturated/α-hetero) is 1. The maximum Gasteiger partial charge on any atom is 0.167 e. The molecule has 0 saturated carbocycles. The second-order valence-electron chi connectivity index (χ2n) is 4.69. The normalized spacial score (nSPS) is 19.0. The van der Waals surface area contributed by atoms with Gasteiger partial charge in [-0.25, -0.2) is 0 Å². The Morgan fingerprint density at radius 1 is 1.40 bits per heavy atom. The van der Waals surface area contributed by atoms with Crippen LogP contribution in [-0.4, -0.2) is 12.4 Å². The summed E-state index contributed by atoms with van der Waals surface area (Å²) in [4.78, 5) is 11.9. The van der Waals surface area contributed by atoms with E-state index in [2.05, 4.69) is 0 Å². The molecule has 0 atom stereocenters. The van der Waals surface area contributed by atoms with Crippen LogP contribution in [0, 0.1) is 5.41 Å². The van der Waals surface area contributed by atoms with Gasteiger partial charge in [-0.2, -0.15) is 0 Å². The van der Waals surface area contributed by atoms with Gasteiger partial charge < -0.3 is 4.74 Å². The van der Waals surface area contributed by atoms with Crippen LogP contribution < -0.4 is 4.74 Å². The minimum absolute atomic E-state index is 0.106. The molecule has 1 aliphatic heterocycles. The number of ketones is 1. The molecule has 0 spiro atoms. The summed E-state index contributed by atoms with van der Waals surface area (Å²) in [6.45, 7) is 4.62. The first-order valence-corrected chi connectivity index (χ1v) is 5.31. The SMILES string of the molecule is CC1(C)COc2ccc(Cl)cc2C(=O)C1. The van der Waals surface area contributed by atoms with Crippen LogP contribution in [0.25, 0.3) is 0 Å². The molecule has 2 nitrogen and oxygen atoms in total. The second kappa shape index (κ2) is 3.53. The van der Waals surface area contributed by atoms with Crippen molar-refractivity contribution in [3.05, 3.63) is 28.8 Å². The van der Waals surface area contributed by atoms with Crippen molar-refractivity contribution < 1.29 is 9.53 Å². The van der Waals surface area contributed by atoms with Crippen LogP contribution in [-0.2, 0) is 0 Å². The van der Waals surface area contributed by atoms with Crippen LogP contribution in [0.2, 0.25) is 5.02 Å². The Morgan fingerprint density at radius 2 is 2.13 bits per heavy atom. The minimum Gasteiger partial charge on any atom is -0.492 e. The predicted octanol–water partition coefficient (Wildman–Crippen LogP) is 3.33. The number of hydrogen-bond donors (Lipinski definition) is 0. The lowest BCUT2D eigenvalue weighted by molar-refractivity contribution is 0.0918. The molecular formula is C12H13ClO2. The van der Waals surface area contributed by atoms with Crippen LogP contribution >= 0.6 is 11.6 Å². The molecule has 3 heteroatoms. The van der Waals surface area contributed by atoms with E-state index in [0.717, 1.165) is 0 Å². The Bertz CT molecular complexity index is 410. The van der Waals surface area contributed by atoms with Gasteiger partial charge in [0.15, 0.2) is 5.78 Å². The van der Waals surface area contributed by atoms with Crippen molar-refractivity contribution in [3.63, 3.8) is 0 Å². The van der Waals surface area contributed by atoms with Crippen LogP contribution in [0.15, 0.2) is 18.2 Å². The lowest BCUT2D eigenvalue weighted by Crippen LogP contribution is -2.21. The van der Waals surface area contributed by atoms with E-state index in [0.29, 0.717) is 29.4 Å². The Morgan fingerprint density at radius 3 is 2.87 bits per heavy atom. The van der Waals surface area contributed by atoms with Gasteiger partial charge in [0.25, 0.3) is 0 Å². The number of halogens is 1. The Hall–Kier alpha value is -1.02. The van der Waals surface area contributed by atoms with Gasteiger partial charge in [-0.05, 0) is 18.2 Å². The van der Waals surface area contributed by atoms with Crippen LogP contribution in [0.4, 0.5) is 0 Å². The zero-order valence-electron chi connectivity index (χ0n) is 8.84. The Balaban J connectivity index is 2.44. The van der Waals surface area contributed by atoms with Crippen molar-refractivity contribution in [1.82, 2.24) is 0 Å². The summed E-state index contributed by atoms with van der Waals surface area (Å²) in [5.41, 5.74) is 0.496. The molecule has 1 aromatic rings. The number of rotatable bonds is 0. The largest absolute Gasteiger partial charge is 0.492 e. The maximum absolute atomic E-state index is 11.9. The molecule has 0 bridgehead atoms. The number of carbonyl (C=O) groups is 1. The van der Waals surface area contributed by atoms with E-state index in [4.69, 9.17) is 16.3 Å². The first-order chi connectivity index (χ1) is 6.98. The highest BCUT2D eigenvalue weighted by Gasteiger charge is 2.29. The third-order valence-electron chi connectivity index (χ3n) is 2.50. The highest BCUT2D eigenvalue weighted by Crippen LogP contribution is 2.33. The molecule has 1 heterocycles. The first-order valence-electron chi connectivity index (χ1n) is 4.93. The van der Waals surface area contributed by atoms with Gasteiger partial charge in [0.2, 0.25) is 0 Å². The van der Waals surface area contributed by atoms with E-state index in [1.165, 1.54) is 0 Å². The van der Waals surface area contributed by atoms with E-state index in [9.17, 15) is 4.79 Å². The van der Waals surface area contributed by atoms with E-state index in [1.54, 1.807) is 18.2 Å². The van der Waals surface area contributed by atoms with Crippen molar-refractivity contribution >= 4 is 17.4 Å². The summed E-state index contributed by atoms with van der Waals surface area (Å²) in [6.07, 6.45) is 0.500. The third-order valence-corrected chi connectivity index (χ3v) is 2.73. The quantitative estimate of drug-likeness (QED) is 0.676. The fourth-order valence-electron chi connectivity index (χ4n) is 1.70. The molecule has 0 fully saturated rings. The molecule has 0 unspecified atom stereocenters. The van der Waals surface area contributed by atoms with Gasteiger partial charge in [0.05, 0.1) is 12.2 Å². The summed E-state index contributed by atoms with van der Waals surface area (Å²) in [5, 5.41) is 0.574. The van der Waals surface area contributed by atoms with Crippen LogP contribution in [0.3, 0.4) is 0 Å². The molecule has 80 valence electrons. The number of carbonyl (C=O) groups excluding carboxylic acids is 1. The molecule has 0 radical (unpaired) electrons. The highest BCUT2D eigenvalue weighted by atomic mass is 35.5. The molecule has 0 amide bonds. The van der Waals surface area contributed by atoms with Gasteiger partial charge in [-0.15, -0.1) is 0 Å². The summed E-state index contributed by atoms with van der Waals surface area (Å²) >= 11 is 5.86. The molecule has 0 aliphatic carbocycles. The number of hydrogen-bond acceptors (Lipinski definition) is 2. The molecule has 2 rings (SSSR count). The lowest BCUT2D eigenvalue weighted by atomic mass is 9.87. The predicted molar refractivity (Wildman–Crippen MR) is 59.7 cm³/mol. The zero-order valence-corrected chi connectivity index (χ0v) is 9.60. The molecule has 0 N–H and O–H groups in total. The number of ether oxygens (including phenoxy) is 1. The molecule has 15 heavy (non-hydrogen) atoms. The fraction of sp³-hybridized carbons (Fsp3) is 0.417. The molecular weight excluding hydrogens is 212 g/mol. The van der Waals surface area contributed by atoms with Crippen molar-refractivity contribution in [2.45, 2.75) is 20.3 Å². The standard InChI is InChI=1S/C12H13ClO2/c1-12(2)6-10(14)9-5-8(13)3-4-11(9)15-7-12/h3-5H,6-7H2,1-2H3. The Labute approximate surface area is 94.2 Å². The molecule has 0 saturated heterocycles. The average Bonchev–Trinajstić information content (AvgIpc) is 2.24. The van der Waals surface area contributed by atoms with E-state index >= 15 is 0 Å². The van der Waals surface area contributed by atoms with Gasteiger partial charge in [-0.3, -0.25) is 4.79 Å². The van der Waals surface area contributed by atoms with E-state index < -0.39 is 0 Å². The number of benzene rings is 1. The van der Waals surface area contributed by atoms with Crippen LogP contribution in [0.5, 0.6) is 5.75 Å². The monoisotopic (exact) mass is 224 g/mol. The average molecular weight is 225 g/mol. The molecule has 1 aromatic carbocycles. The minimum atomic E-state index is -0.109. The van der Waals surface area contributed by atoms with Crippen LogP contribution in [0.1, 0.15) is 30.6 Å². The van der Waals surface area contributed by atoms with Gasteiger partial charge in [-0.1, -0.05) is 25.4 Å². The van der Waals surface area contributed by atoms with E-state index in [1.807, 2.05) is 13.8 Å².